The zero-order valence-corrected chi connectivity index (χ0v) is 13.8. The van der Waals surface area contributed by atoms with E-state index < -0.39 is 11.7 Å². The van der Waals surface area contributed by atoms with Gasteiger partial charge in [0.05, 0.1) is 0 Å². The Morgan fingerprint density at radius 2 is 1.86 bits per heavy atom. The van der Waals surface area contributed by atoms with E-state index in [0.717, 1.165) is 0 Å². The molecule has 0 aromatic heterocycles. The molecule has 0 bridgehead atoms. The first-order valence-electron chi connectivity index (χ1n) is 7.85. The molecule has 128 valence electrons. The van der Waals surface area contributed by atoms with Crippen LogP contribution in [0.2, 0.25) is 0 Å². The number of alkyl carbamates (subject to hydrolysis) is 1. The quantitative estimate of drug-likeness (QED) is 0.498. The molecule has 0 aromatic rings. The zero-order valence-electron chi connectivity index (χ0n) is 13.8. The lowest BCUT2D eigenvalue weighted by molar-refractivity contribution is -0.149. The van der Waals surface area contributed by atoms with E-state index in [-0.39, 0.29) is 24.2 Å². The van der Waals surface area contributed by atoms with Gasteiger partial charge in [0, 0.05) is 31.5 Å². The Bertz CT molecular complexity index is 381. The van der Waals surface area contributed by atoms with Crippen molar-refractivity contribution in [3.63, 3.8) is 0 Å². The van der Waals surface area contributed by atoms with Crippen LogP contribution in [-0.4, -0.2) is 42.4 Å². The summed E-state index contributed by atoms with van der Waals surface area (Å²) in [7, 11) is 0. The van der Waals surface area contributed by atoms with Crippen LogP contribution in [0, 0.1) is 0 Å². The SMILES string of the molecule is CC(C)(C)OC(=O)NCCCCC(=O)OC1C[C@H](N)C[C@@H]1N. The fraction of sp³-hybridized carbons (Fsp3) is 0.867. The number of unbranched alkanes of at least 4 members (excludes halogenated alkanes) is 1. The number of nitrogens with one attached hydrogen (secondary N) is 1. The summed E-state index contributed by atoms with van der Waals surface area (Å²) in [5.41, 5.74) is 11.1. The van der Waals surface area contributed by atoms with Crippen molar-refractivity contribution >= 4 is 12.1 Å². The third-order valence-electron chi connectivity index (χ3n) is 3.35. The van der Waals surface area contributed by atoms with Gasteiger partial charge in [0.25, 0.3) is 0 Å². The molecule has 1 fully saturated rings. The Hall–Kier alpha value is -1.34. The number of amides is 1. The number of nitrogens with two attached hydrogens (primary N) is 2. The zero-order chi connectivity index (χ0) is 16.8. The molecule has 3 atom stereocenters. The van der Waals surface area contributed by atoms with Crippen molar-refractivity contribution < 1.29 is 19.1 Å². The Balaban J connectivity index is 2.07. The summed E-state index contributed by atoms with van der Waals surface area (Å²) in [6, 6.07) is -0.140. The molecule has 1 amide bonds. The predicted molar refractivity (Wildman–Crippen MR) is 83.2 cm³/mol. The van der Waals surface area contributed by atoms with E-state index >= 15 is 0 Å². The Morgan fingerprint density at radius 3 is 2.41 bits per heavy atom. The van der Waals surface area contributed by atoms with E-state index in [4.69, 9.17) is 20.9 Å². The summed E-state index contributed by atoms with van der Waals surface area (Å²) < 4.78 is 10.4. The van der Waals surface area contributed by atoms with Gasteiger partial charge in [-0.15, -0.1) is 0 Å². The van der Waals surface area contributed by atoms with Crippen LogP contribution in [0.1, 0.15) is 52.9 Å². The predicted octanol–water partition coefficient (Wildman–Crippen LogP) is 1.04. The summed E-state index contributed by atoms with van der Waals surface area (Å²) in [6.45, 7) is 5.89. The van der Waals surface area contributed by atoms with E-state index in [1.54, 1.807) is 0 Å². The van der Waals surface area contributed by atoms with Gasteiger partial charge in [-0.05, 0) is 40.0 Å². The van der Waals surface area contributed by atoms with Crippen molar-refractivity contribution in [2.45, 2.75) is 76.7 Å². The molecule has 1 aliphatic rings. The summed E-state index contributed by atoms with van der Waals surface area (Å²) in [4.78, 5) is 23.1. The molecule has 0 radical (unpaired) electrons. The maximum absolute atomic E-state index is 11.7. The monoisotopic (exact) mass is 315 g/mol. The fourth-order valence-electron chi connectivity index (χ4n) is 2.33. The normalized spacial score (nSPS) is 24.9. The van der Waals surface area contributed by atoms with Crippen molar-refractivity contribution in [1.82, 2.24) is 5.32 Å². The standard InChI is InChI=1S/C15H29N3O4/c1-15(2,3)22-14(20)18-7-5-4-6-13(19)21-12-9-10(16)8-11(12)17/h10-12H,4-9,16-17H2,1-3H3,(H,18,20)/t10-,11+,12?/m1/s1. The molecule has 0 aliphatic heterocycles. The summed E-state index contributed by atoms with van der Waals surface area (Å²) in [6.07, 6.45) is 2.26. The minimum atomic E-state index is -0.505. The van der Waals surface area contributed by atoms with Crippen molar-refractivity contribution in [3.8, 4) is 0 Å². The van der Waals surface area contributed by atoms with Crippen LogP contribution in [0.5, 0.6) is 0 Å². The smallest absolute Gasteiger partial charge is 0.407 e. The molecule has 7 nitrogen and oxygen atoms in total. The summed E-state index contributed by atoms with van der Waals surface area (Å²) >= 11 is 0. The minimum Gasteiger partial charge on any atom is -0.461 e. The van der Waals surface area contributed by atoms with Crippen molar-refractivity contribution in [2.75, 3.05) is 6.54 Å². The molecular weight excluding hydrogens is 286 g/mol. The van der Waals surface area contributed by atoms with Gasteiger partial charge in [-0.2, -0.15) is 0 Å². The van der Waals surface area contributed by atoms with Gasteiger partial charge >= 0.3 is 12.1 Å². The number of carbonyl (C=O) groups excluding carboxylic acids is 2. The van der Waals surface area contributed by atoms with Crippen LogP contribution >= 0.6 is 0 Å². The van der Waals surface area contributed by atoms with Crippen LogP contribution in [0.3, 0.4) is 0 Å². The topological polar surface area (TPSA) is 117 Å². The molecule has 1 unspecified atom stereocenters. The van der Waals surface area contributed by atoms with Crippen molar-refractivity contribution in [3.05, 3.63) is 0 Å². The molecule has 5 N–H and O–H groups in total. The highest BCUT2D eigenvalue weighted by molar-refractivity contribution is 5.69. The lowest BCUT2D eigenvalue weighted by Crippen LogP contribution is -2.33. The number of carbonyl (C=O) groups is 2. The van der Waals surface area contributed by atoms with E-state index in [0.29, 0.717) is 38.6 Å². The van der Waals surface area contributed by atoms with Crippen LogP contribution in [0.4, 0.5) is 4.79 Å². The van der Waals surface area contributed by atoms with Gasteiger partial charge in [0.15, 0.2) is 0 Å². The highest BCUT2D eigenvalue weighted by atomic mass is 16.6. The number of esters is 1. The minimum absolute atomic E-state index is 0.0193. The van der Waals surface area contributed by atoms with Crippen molar-refractivity contribution in [2.24, 2.45) is 11.5 Å². The molecule has 22 heavy (non-hydrogen) atoms. The largest absolute Gasteiger partial charge is 0.461 e. The first-order valence-corrected chi connectivity index (χ1v) is 7.85. The number of hydrogen-bond acceptors (Lipinski definition) is 6. The van der Waals surface area contributed by atoms with Crippen LogP contribution in [-0.2, 0) is 14.3 Å². The third kappa shape index (κ3) is 7.61. The first kappa shape index (κ1) is 18.7. The number of rotatable bonds is 6. The van der Waals surface area contributed by atoms with Gasteiger partial charge in [0.1, 0.15) is 11.7 Å². The maximum atomic E-state index is 11.7. The van der Waals surface area contributed by atoms with E-state index in [9.17, 15) is 9.59 Å². The van der Waals surface area contributed by atoms with Gasteiger partial charge in [-0.1, -0.05) is 0 Å². The lowest BCUT2D eigenvalue weighted by atomic mass is 10.2. The second kappa shape index (κ2) is 8.33. The highest BCUT2D eigenvalue weighted by Gasteiger charge is 2.32. The van der Waals surface area contributed by atoms with Gasteiger partial charge in [-0.3, -0.25) is 4.79 Å². The third-order valence-corrected chi connectivity index (χ3v) is 3.35. The second-order valence-electron chi connectivity index (χ2n) is 6.81. The molecular formula is C15H29N3O4. The van der Waals surface area contributed by atoms with Crippen LogP contribution in [0.25, 0.3) is 0 Å². The average molecular weight is 315 g/mol. The van der Waals surface area contributed by atoms with Crippen molar-refractivity contribution in [1.29, 1.82) is 0 Å². The maximum Gasteiger partial charge on any atom is 0.407 e. The summed E-state index contributed by atoms with van der Waals surface area (Å²) in [5, 5.41) is 2.65. The van der Waals surface area contributed by atoms with Gasteiger partial charge < -0.3 is 26.3 Å². The average Bonchev–Trinajstić information content (AvgIpc) is 2.65. The molecule has 1 saturated carbocycles. The highest BCUT2D eigenvalue weighted by Crippen LogP contribution is 2.20. The molecule has 1 aliphatic carbocycles. The molecule has 0 heterocycles. The van der Waals surface area contributed by atoms with E-state index in [1.165, 1.54) is 0 Å². The first-order chi connectivity index (χ1) is 10.2. The lowest BCUT2D eigenvalue weighted by Gasteiger charge is -2.19. The number of ether oxygens (including phenoxy) is 2. The number of hydrogen-bond donors (Lipinski definition) is 3. The van der Waals surface area contributed by atoms with Gasteiger partial charge in [0.2, 0.25) is 0 Å². The Morgan fingerprint density at radius 1 is 1.18 bits per heavy atom. The second-order valence-corrected chi connectivity index (χ2v) is 6.81. The van der Waals surface area contributed by atoms with Gasteiger partial charge in [-0.25, -0.2) is 4.79 Å². The Kier molecular flexibility index (Phi) is 7.09. The Labute approximate surface area is 132 Å². The molecule has 0 spiro atoms. The summed E-state index contributed by atoms with van der Waals surface area (Å²) in [5.74, 6) is -0.258. The molecule has 0 aromatic carbocycles. The van der Waals surface area contributed by atoms with Crippen LogP contribution < -0.4 is 16.8 Å². The molecule has 7 heteroatoms. The molecule has 1 rings (SSSR count). The molecule has 0 saturated heterocycles. The fourth-order valence-corrected chi connectivity index (χ4v) is 2.33. The van der Waals surface area contributed by atoms with Crippen LogP contribution in [0.15, 0.2) is 0 Å². The van der Waals surface area contributed by atoms with E-state index in [1.807, 2.05) is 20.8 Å². The van der Waals surface area contributed by atoms with E-state index in [2.05, 4.69) is 5.32 Å².